The van der Waals surface area contributed by atoms with Gasteiger partial charge in [0, 0.05) is 81.9 Å². The first-order valence-corrected chi connectivity index (χ1v) is 31.0. The van der Waals surface area contributed by atoms with Crippen molar-refractivity contribution >= 4 is 66.5 Å². The highest BCUT2D eigenvalue weighted by Gasteiger charge is 2.31. The zero-order chi connectivity index (χ0) is 60.9. The SMILES string of the molecule is COc1ccc2c3c([nH]c2c1)C(CC(CC1=NCCc2c1[nH]c1cc(C)ccc21)c1cc(C)c(OC)c(O)c1)=NCC3.COc1ccc2c3c([nH]c2c1)C(CC(CC1=NCCc2c1[nH]c1cc(C)ccc21)c1ccc(OC)c(Oc2ccccc2)c1)=NCC3. The molecule has 5 N–H and O–H groups in total. The number of aryl methyl sites for hydroxylation is 3. The summed E-state index contributed by atoms with van der Waals surface area (Å²) >= 11 is 0. The van der Waals surface area contributed by atoms with E-state index < -0.39 is 0 Å². The highest BCUT2D eigenvalue weighted by atomic mass is 16.5. The molecule has 4 aliphatic rings. The summed E-state index contributed by atoms with van der Waals surface area (Å²) in [6, 6.07) is 46.0. The number of para-hydroxylation sites is 1. The third-order valence-corrected chi connectivity index (χ3v) is 18.5. The molecule has 0 bridgehead atoms. The summed E-state index contributed by atoms with van der Waals surface area (Å²) in [7, 11) is 6.68. The van der Waals surface area contributed by atoms with Gasteiger partial charge < -0.3 is 48.7 Å². The number of fused-ring (bicyclic) bond motifs is 12. The van der Waals surface area contributed by atoms with Crippen molar-refractivity contribution in [2.24, 2.45) is 20.0 Å². The molecule has 0 radical (unpaired) electrons. The molecule has 0 aliphatic carbocycles. The minimum Gasteiger partial charge on any atom is -0.504 e. The minimum atomic E-state index is 0.0454. The first-order chi connectivity index (χ1) is 43.5. The van der Waals surface area contributed by atoms with Gasteiger partial charge in [-0.15, -0.1) is 0 Å². The van der Waals surface area contributed by atoms with Crippen LogP contribution >= 0.6 is 0 Å². The van der Waals surface area contributed by atoms with Crippen LogP contribution in [0.1, 0.15) is 110 Å². The van der Waals surface area contributed by atoms with Crippen LogP contribution in [0.2, 0.25) is 0 Å². The summed E-state index contributed by atoms with van der Waals surface area (Å²) in [6.45, 7) is 9.34. The Morgan fingerprint density at radius 2 is 0.831 bits per heavy atom. The number of nitrogens with zero attached hydrogens (tertiary/aromatic N) is 4. The molecule has 7 aromatic carbocycles. The molecule has 8 heterocycles. The molecule has 0 spiro atoms. The molecule has 0 saturated carbocycles. The Labute approximate surface area is 517 Å². The van der Waals surface area contributed by atoms with E-state index in [9.17, 15) is 5.11 Å². The zero-order valence-corrected chi connectivity index (χ0v) is 51.6. The highest BCUT2D eigenvalue weighted by Crippen LogP contribution is 2.43. The predicted molar refractivity (Wildman–Crippen MR) is 359 cm³/mol. The number of aromatic hydroxyl groups is 1. The van der Waals surface area contributed by atoms with E-state index in [1.54, 1.807) is 28.4 Å². The van der Waals surface area contributed by atoms with Crippen LogP contribution in [0.25, 0.3) is 43.6 Å². The molecule has 4 aliphatic heterocycles. The Bertz CT molecular complexity index is 4650. The highest BCUT2D eigenvalue weighted by molar-refractivity contribution is 6.11. The molecule has 15 rings (SSSR count). The van der Waals surface area contributed by atoms with Crippen LogP contribution in [0, 0.1) is 20.8 Å². The summed E-state index contributed by atoms with van der Waals surface area (Å²) in [5.41, 5.74) is 24.4. The number of hydrogen-bond donors (Lipinski definition) is 5. The van der Waals surface area contributed by atoms with Crippen LogP contribution in [-0.4, -0.2) is 103 Å². The molecule has 0 saturated heterocycles. The van der Waals surface area contributed by atoms with E-state index in [1.807, 2.05) is 61.5 Å². The van der Waals surface area contributed by atoms with Gasteiger partial charge in [-0.2, -0.15) is 0 Å². The van der Waals surface area contributed by atoms with Crippen LogP contribution in [-0.2, 0) is 25.7 Å². The van der Waals surface area contributed by atoms with Crippen LogP contribution in [0.5, 0.6) is 40.2 Å². The largest absolute Gasteiger partial charge is 0.504 e. The topological polar surface area (TPSA) is 179 Å². The summed E-state index contributed by atoms with van der Waals surface area (Å²) in [5, 5.41) is 16.0. The van der Waals surface area contributed by atoms with Gasteiger partial charge in [-0.3, -0.25) is 20.0 Å². The van der Waals surface area contributed by atoms with Crippen molar-refractivity contribution in [2.75, 3.05) is 54.6 Å². The maximum absolute atomic E-state index is 10.9. The molecule has 89 heavy (non-hydrogen) atoms. The molecule has 2 atom stereocenters. The molecule has 0 amide bonds. The van der Waals surface area contributed by atoms with E-state index in [0.717, 1.165) is 162 Å². The fourth-order valence-corrected chi connectivity index (χ4v) is 14.2. The van der Waals surface area contributed by atoms with Gasteiger partial charge in [0.25, 0.3) is 0 Å². The number of phenols is 1. The molecule has 2 unspecified atom stereocenters. The van der Waals surface area contributed by atoms with Crippen molar-refractivity contribution < 1.29 is 28.8 Å². The summed E-state index contributed by atoms with van der Waals surface area (Å²) in [5.74, 6) is 4.64. The Morgan fingerprint density at radius 3 is 1.25 bits per heavy atom. The molecule has 4 aromatic heterocycles. The lowest BCUT2D eigenvalue weighted by Gasteiger charge is -2.24. The van der Waals surface area contributed by atoms with Crippen molar-refractivity contribution in [1.82, 2.24) is 19.9 Å². The van der Waals surface area contributed by atoms with E-state index in [2.05, 4.69) is 113 Å². The number of benzene rings is 7. The Balaban J connectivity index is 0.000000157. The van der Waals surface area contributed by atoms with Gasteiger partial charge in [-0.1, -0.05) is 54.6 Å². The maximum atomic E-state index is 10.9. The molecular formula is C75H74N8O6. The second-order valence-electron chi connectivity index (χ2n) is 24.1. The number of hydrogen-bond acceptors (Lipinski definition) is 10. The lowest BCUT2D eigenvalue weighted by Crippen LogP contribution is -2.20. The van der Waals surface area contributed by atoms with Gasteiger partial charge in [-0.05, 0) is 201 Å². The average molecular weight is 1180 g/mol. The summed E-state index contributed by atoms with van der Waals surface area (Å²) in [4.78, 5) is 35.2. The van der Waals surface area contributed by atoms with Crippen molar-refractivity contribution in [3.05, 3.63) is 206 Å². The maximum Gasteiger partial charge on any atom is 0.169 e. The quantitative estimate of drug-likeness (QED) is 0.0642. The summed E-state index contributed by atoms with van der Waals surface area (Å²) < 4.78 is 28.6. The van der Waals surface area contributed by atoms with Gasteiger partial charge >= 0.3 is 0 Å². The van der Waals surface area contributed by atoms with E-state index in [-0.39, 0.29) is 17.6 Å². The third-order valence-electron chi connectivity index (χ3n) is 18.5. The fourth-order valence-electron chi connectivity index (χ4n) is 14.2. The predicted octanol–water partition coefficient (Wildman–Crippen LogP) is 15.7. The fraction of sp³-hybridized carbons (Fsp3) is 0.280. The lowest BCUT2D eigenvalue weighted by molar-refractivity contribution is 0.370. The second kappa shape index (κ2) is 24.0. The van der Waals surface area contributed by atoms with E-state index in [1.165, 1.54) is 71.7 Å². The molecule has 450 valence electrons. The minimum absolute atomic E-state index is 0.0454. The van der Waals surface area contributed by atoms with Crippen LogP contribution in [0.3, 0.4) is 0 Å². The molecular weight excluding hydrogens is 1110 g/mol. The van der Waals surface area contributed by atoms with E-state index >= 15 is 0 Å². The van der Waals surface area contributed by atoms with Crippen molar-refractivity contribution in [2.45, 2.75) is 84.0 Å². The molecule has 11 aromatic rings. The monoisotopic (exact) mass is 1180 g/mol. The molecule has 0 fully saturated rings. The first kappa shape index (κ1) is 57.0. The number of aliphatic imine (C=N–C) groups is 4. The summed E-state index contributed by atoms with van der Waals surface area (Å²) in [6.07, 6.45) is 6.66. The molecule has 14 nitrogen and oxygen atoms in total. The van der Waals surface area contributed by atoms with Gasteiger partial charge in [0.15, 0.2) is 23.0 Å². The van der Waals surface area contributed by atoms with Gasteiger partial charge in [0.2, 0.25) is 0 Å². The van der Waals surface area contributed by atoms with Crippen molar-refractivity contribution in [3.63, 3.8) is 0 Å². The van der Waals surface area contributed by atoms with Crippen molar-refractivity contribution in [1.29, 1.82) is 0 Å². The smallest absolute Gasteiger partial charge is 0.169 e. The number of ether oxygens (including phenoxy) is 5. The van der Waals surface area contributed by atoms with Crippen LogP contribution < -0.4 is 23.7 Å². The second-order valence-corrected chi connectivity index (χ2v) is 24.1. The Morgan fingerprint density at radius 1 is 0.404 bits per heavy atom. The zero-order valence-electron chi connectivity index (χ0n) is 51.6. The number of methoxy groups -OCH3 is 4. The third kappa shape index (κ3) is 11.0. The number of phenolic OH excluding ortho intramolecular Hbond substituents is 1. The van der Waals surface area contributed by atoms with Gasteiger partial charge in [-0.25, -0.2) is 0 Å². The van der Waals surface area contributed by atoms with Crippen molar-refractivity contribution in [3.8, 4) is 40.2 Å². The van der Waals surface area contributed by atoms with E-state index in [0.29, 0.717) is 17.2 Å². The molecule has 14 heteroatoms. The Hall–Kier alpha value is -9.82. The number of nitrogens with one attached hydrogen (secondary N) is 4. The number of rotatable bonds is 16. The lowest BCUT2D eigenvalue weighted by atomic mass is 9.84. The normalized spacial score (nSPS) is 15.0. The number of H-pyrrole nitrogens is 4. The first-order valence-electron chi connectivity index (χ1n) is 31.0. The van der Waals surface area contributed by atoms with E-state index in [4.69, 9.17) is 43.7 Å². The average Bonchev–Trinajstić information content (AvgIpc) is 2.06. The van der Waals surface area contributed by atoms with Crippen LogP contribution in [0.15, 0.2) is 153 Å². The standard InChI is InChI=1S/C40H38N4O3.C35H36N4O3/c1-24-9-12-29-31-15-17-41-35(39(31)43-33(29)19-24)20-26(25-10-14-37(46-3)38(22-25)47-27-7-5-4-6-8-27)21-36-40-32(16-18-42-36)30-13-11-28(45-2)23-34(30)44-40;1-19-5-7-24-26-9-11-36-30(33(26)38-28(24)13-19)15-22(21-14-20(2)35(42-4)32(40)17-21)16-31-34-27(10-12-37-31)25-8-6-23(41-3)18-29(25)39-34/h4-14,19,22-23,26,43-44H,15-18,20-21H2,1-3H3;5-8,13-14,17-18,22,38-40H,9-12,15-16H2,1-4H3. The van der Waals surface area contributed by atoms with Crippen LogP contribution in [0.4, 0.5) is 0 Å². The number of aromatic nitrogens is 4. The van der Waals surface area contributed by atoms with Gasteiger partial charge in [0.05, 0.1) is 74.1 Å². The Kier molecular flexibility index (Phi) is 15.4. The van der Waals surface area contributed by atoms with Gasteiger partial charge in [0.1, 0.15) is 17.2 Å². The number of aromatic amines is 4.